The van der Waals surface area contributed by atoms with Crippen LogP contribution in [-0.2, 0) is 4.74 Å². The Balaban J connectivity index is 1.92. The van der Waals surface area contributed by atoms with Crippen molar-refractivity contribution in [3.8, 4) is 5.75 Å². The van der Waals surface area contributed by atoms with Gasteiger partial charge in [-0.1, -0.05) is 18.2 Å². The summed E-state index contributed by atoms with van der Waals surface area (Å²) in [7, 11) is 3.56. The van der Waals surface area contributed by atoms with Crippen molar-refractivity contribution in [2.24, 2.45) is 4.99 Å². The molecule has 0 aliphatic carbocycles. The summed E-state index contributed by atoms with van der Waals surface area (Å²) in [6, 6.07) is 8.59. The Morgan fingerprint density at radius 3 is 2.59 bits per heavy atom. The molecule has 2 N–H and O–H groups in total. The van der Waals surface area contributed by atoms with E-state index in [4.69, 9.17) is 9.47 Å². The molecule has 0 spiro atoms. The average Bonchev–Trinajstić information content (AvgIpc) is 3.20. The van der Waals surface area contributed by atoms with Crippen LogP contribution < -0.4 is 15.4 Å². The second-order valence-electron chi connectivity index (χ2n) is 7.15. The fraction of sp³-hybridized carbons (Fsp3) is 0.667. The number of hydrogen-bond acceptors (Lipinski definition) is 4. The number of benzene rings is 1. The summed E-state index contributed by atoms with van der Waals surface area (Å²) in [5, 5.41) is 6.88. The first kappa shape index (κ1) is 21.5. The van der Waals surface area contributed by atoms with E-state index in [-0.39, 0.29) is 12.1 Å². The maximum absolute atomic E-state index is 5.62. The van der Waals surface area contributed by atoms with E-state index in [9.17, 15) is 0 Å². The van der Waals surface area contributed by atoms with Crippen molar-refractivity contribution < 1.29 is 9.47 Å². The minimum atomic E-state index is 0.270. The topological polar surface area (TPSA) is 58.1 Å². The molecule has 6 nitrogen and oxygen atoms in total. The third-order valence-corrected chi connectivity index (χ3v) is 4.83. The third kappa shape index (κ3) is 7.03. The van der Waals surface area contributed by atoms with Gasteiger partial charge in [0.25, 0.3) is 0 Å². The summed E-state index contributed by atoms with van der Waals surface area (Å²) < 4.78 is 11.2. The van der Waals surface area contributed by atoms with Crippen LogP contribution in [-0.4, -0.2) is 63.9 Å². The Morgan fingerprint density at radius 2 is 1.93 bits per heavy atom. The van der Waals surface area contributed by atoms with Crippen molar-refractivity contribution in [1.82, 2.24) is 15.5 Å². The molecule has 1 atom stereocenters. The van der Waals surface area contributed by atoms with Gasteiger partial charge in [-0.2, -0.15) is 0 Å². The van der Waals surface area contributed by atoms with E-state index in [1.165, 1.54) is 18.4 Å². The van der Waals surface area contributed by atoms with E-state index in [1.807, 2.05) is 19.2 Å². The van der Waals surface area contributed by atoms with Gasteiger partial charge in [-0.3, -0.25) is 9.89 Å². The molecule has 1 fully saturated rings. The van der Waals surface area contributed by atoms with Crippen LogP contribution in [0.2, 0.25) is 0 Å². The Labute approximate surface area is 164 Å². The number of hydrogen-bond donors (Lipinski definition) is 2. The van der Waals surface area contributed by atoms with Crippen LogP contribution in [0, 0.1) is 0 Å². The molecular weight excluding hydrogens is 340 g/mol. The highest BCUT2D eigenvalue weighted by atomic mass is 16.5. The molecule has 0 radical (unpaired) electrons. The van der Waals surface area contributed by atoms with Gasteiger partial charge in [-0.25, -0.2) is 0 Å². The number of guanidine groups is 1. The van der Waals surface area contributed by atoms with Gasteiger partial charge in [0, 0.05) is 32.3 Å². The van der Waals surface area contributed by atoms with Gasteiger partial charge >= 0.3 is 0 Å². The molecule has 0 aromatic heterocycles. The molecule has 0 bridgehead atoms. The van der Waals surface area contributed by atoms with Crippen LogP contribution in [0.5, 0.6) is 5.75 Å². The molecule has 6 heteroatoms. The van der Waals surface area contributed by atoms with Crippen LogP contribution in [0.25, 0.3) is 0 Å². The molecule has 1 aliphatic heterocycles. The Hall–Kier alpha value is -1.79. The van der Waals surface area contributed by atoms with Crippen LogP contribution in [0.1, 0.15) is 44.7 Å². The van der Waals surface area contributed by atoms with Gasteiger partial charge in [0.1, 0.15) is 5.75 Å². The summed E-state index contributed by atoms with van der Waals surface area (Å²) in [5.41, 5.74) is 1.23. The standard InChI is InChI=1S/C21H36N4O2/c1-17(2)27-15-9-12-23-21(22-3)24-16-19(25-13-7-8-14-25)18-10-5-6-11-20(18)26-4/h5-6,10-11,17,19H,7-9,12-16H2,1-4H3,(H2,22,23,24). The zero-order valence-corrected chi connectivity index (χ0v) is 17.3. The Morgan fingerprint density at radius 1 is 1.19 bits per heavy atom. The lowest BCUT2D eigenvalue weighted by Crippen LogP contribution is -2.43. The molecule has 1 saturated heterocycles. The highest BCUT2D eigenvalue weighted by molar-refractivity contribution is 5.79. The number of para-hydroxylation sites is 1. The van der Waals surface area contributed by atoms with E-state index >= 15 is 0 Å². The fourth-order valence-corrected chi connectivity index (χ4v) is 3.44. The Kier molecular flexibility index (Phi) is 9.42. The lowest BCUT2D eigenvalue weighted by atomic mass is 10.0. The summed E-state index contributed by atoms with van der Waals surface area (Å²) in [6.45, 7) is 8.78. The number of likely N-dealkylation sites (tertiary alicyclic amines) is 1. The molecule has 27 heavy (non-hydrogen) atoms. The fourth-order valence-electron chi connectivity index (χ4n) is 3.44. The zero-order chi connectivity index (χ0) is 19.5. The third-order valence-electron chi connectivity index (χ3n) is 4.83. The Bertz CT molecular complexity index is 571. The van der Waals surface area contributed by atoms with Gasteiger partial charge in [-0.15, -0.1) is 0 Å². The maximum Gasteiger partial charge on any atom is 0.191 e. The quantitative estimate of drug-likeness (QED) is 0.374. The SMILES string of the molecule is CN=C(NCCCOC(C)C)NCC(c1ccccc1OC)N1CCCC1. The smallest absolute Gasteiger partial charge is 0.191 e. The lowest BCUT2D eigenvalue weighted by Gasteiger charge is -2.30. The predicted octanol–water partition coefficient (Wildman–Crippen LogP) is 2.81. The van der Waals surface area contributed by atoms with Crippen molar-refractivity contribution in [2.45, 2.75) is 45.3 Å². The molecule has 1 heterocycles. The highest BCUT2D eigenvalue weighted by Crippen LogP contribution is 2.31. The van der Waals surface area contributed by atoms with Crippen molar-refractivity contribution in [2.75, 3.05) is 46.9 Å². The first-order chi connectivity index (χ1) is 13.2. The van der Waals surface area contributed by atoms with E-state index in [2.05, 4.69) is 46.5 Å². The molecular formula is C21H36N4O2. The predicted molar refractivity (Wildman–Crippen MR) is 112 cm³/mol. The molecule has 152 valence electrons. The first-order valence-electron chi connectivity index (χ1n) is 10.1. The number of ether oxygens (including phenoxy) is 2. The summed E-state index contributed by atoms with van der Waals surface area (Å²) >= 11 is 0. The molecule has 0 saturated carbocycles. The van der Waals surface area contributed by atoms with Crippen molar-refractivity contribution in [3.05, 3.63) is 29.8 Å². The lowest BCUT2D eigenvalue weighted by molar-refractivity contribution is 0.0776. The minimum Gasteiger partial charge on any atom is -0.496 e. The maximum atomic E-state index is 5.62. The minimum absolute atomic E-state index is 0.270. The van der Waals surface area contributed by atoms with Gasteiger partial charge in [-0.05, 0) is 52.3 Å². The molecule has 0 amide bonds. The highest BCUT2D eigenvalue weighted by Gasteiger charge is 2.25. The summed E-state index contributed by atoms with van der Waals surface area (Å²) in [4.78, 5) is 6.90. The number of nitrogens with one attached hydrogen (secondary N) is 2. The first-order valence-corrected chi connectivity index (χ1v) is 10.1. The number of methoxy groups -OCH3 is 1. The second-order valence-corrected chi connectivity index (χ2v) is 7.15. The van der Waals surface area contributed by atoms with Crippen LogP contribution in [0.15, 0.2) is 29.3 Å². The van der Waals surface area contributed by atoms with Crippen molar-refractivity contribution in [3.63, 3.8) is 0 Å². The van der Waals surface area contributed by atoms with Gasteiger partial charge in [0.15, 0.2) is 5.96 Å². The molecule has 1 unspecified atom stereocenters. The zero-order valence-electron chi connectivity index (χ0n) is 17.3. The van der Waals surface area contributed by atoms with Crippen molar-refractivity contribution in [1.29, 1.82) is 0 Å². The largest absolute Gasteiger partial charge is 0.496 e. The van der Waals surface area contributed by atoms with E-state index < -0.39 is 0 Å². The van der Waals surface area contributed by atoms with E-state index in [1.54, 1.807) is 7.11 Å². The number of aliphatic imine (C=N–C) groups is 1. The van der Waals surface area contributed by atoms with Crippen LogP contribution >= 0.6 is 0 Å². The van der Waals surface area contributed by atoms with E-state index in [0.717, 1.165) is 50.9 Å². The van der Waals surface area contributed by atoms with E-state index in [0.29, 0.717) is 0 Å². The number of rotatable bonds is 10. The molecule has 1 aliphatic rings. The van der Waals surface area contributed by atoms with Crippen molar-refractivity contribution >= 4 is 5.96 Å². The van der Waals surface area contributed by atoms with Gasteiger partial charge in [0.05, 0.1) is 19.3 Å². The monoisotopic (exact) mass is 376 g/mol. The van der Waals surface area contributed by atoms with Crippen LogP contribution in [0.4, 0.5) is 0 Å². The van der Waals surface area contributed by atoms with Gasteiger partial charge in [0.2, 0.25) is 0 Å². The normalized spacial score (nSPS) is 16.6. The number of nitrogens with zero attached hydrogens (tertiary/aromatic N) is 2. The molecule has 2 rings (SSSR count). The average molecular weight is 377 g/mol. The van der Waals surface area contributed by atoms with Crippen LogP contribution in [0.3, 0.4) is 0 Å². The summed E-state index contributed by atoms with van der Waals surface area (Å²) in [6.07, 6.45) is 3.76. The second kappa shape index (κ2) is 11.8. The molecule has 1 aromatic carbocycles. The van der Waals surface area contributed by atoms with Gasteiger partial charge < -0.3 is 20.1 Å². The molecule has 1 aromatic rings. The summed E-state index contributed by atoms with van der Waals surface area (Å²) in [5.74, 6) is 1.78.